The van der Waals surface area contributed by atoms with Gasteiger partial charge in [0.25, 0.3) is 0 Å². The van der Waals surface area contributed by atoms with Gasteiger partial charge in [0, 0.05) is 16.7 Å². The van der Waals surface area contributed by atoms with E-state index in [0.717, 1.165) is 55.6 Å². The van der Waals surface area contributed by atoms with Crippen LogP contribution in [0.2, 0.25) is 0 Å². The molecular formula is C38H40O8P2. The monoisotopic (exact) mass is 686 g/mol. The van der Waals surface area contributed by atoms with Crippen LogP contribution in [-0.2, 0) is 13.4 Å². The number of phosphoric ester groups is 1. The summed E-state index contributed by atoms with van der Waals surface area (Å²) in [6.07, 6.45) is 0. The van der Waals surface area contributed by atoms with Crippen molar-refractivity contribution in [3.05, 3.63) is 117 Å². The van der Waals surface area contributed by atoms with Crippen LogP contribution < -0.4 is 4.52 Å². The van der Waals surface area contributed by atoms with E-state index >= 15 is 0 Å². The molecule has 0 amide bonds. The van der Waals surface area contributed by atoms with E-state index in [1.165, 1.54) is 0 Å². The molecule has 0 heterocycles. The minimum atomic E-state index is -5.53. The number of hydrogen-bond acceptors (Lipinski definition) is 5. The van der Waals surface area contributed by atoms with Crippen LogP contribution in [0.3, 0.4) is 0 Å². The molecule has 0 radical (unpaired) electrons. The van der Waals surface area contributed by atoms with Gasteiger partial charge < -0.3 is 19.4 Å². The molecule has 10 heteroatoms. The number of rotatable bonds is 8. The second kappa shape index (κ2) is 13.1. The second-order valence-corrected chi connectivity index (χ2v) is 15.1. The Morgan fingerprint density at radius 3 is 1.06 bits per heavy atom. The number of aromatic hydroxyl groups is 1. The highest BCUT2D eigenvalue weighted by atomic mass is 31.3. The minimum absolute atomic E-state index is 0.0967. The third-order valence-electron chi connectivity index (χ3n) is 8.77. The molecule has 0 bridgehead atoms. The summed E-state index contributed by atoms with van der Waals surface area (Å²) in [4.78, 5) is 30.2. The maximum absolute atomic E-state index is 13.6. The Bertz CT molecular complexity index is 2100. The molecule has 0 aliphatic carbocycles. The zero-order chi connectivity index (χ0) is 35.3. The molecule has 0 spiro atoms. The maximum Gasteiger partial charge on any atom is 0.536 e. The van der Waals surface area contributed by atoms with E-state index in [2.05, 4.69) is 4.31 Å². The summed E-state index contributed by atoms with van der Waals surface area (Å²) in [6.45, 7) is 15.4. The van der Waals surface area contributed by atoms with Crippen molar-refractivity contribution in [2.75, 3.05) is 0 Å². The van der Waals surface area contributed by atoms with Crippen LogP contribution in [0, 0.1) is 55.4 Å². The fourth-order valence-corrected chi connectivity index (χ4v) is 8.49. The van der Waals surface area contributed by atoms with Crippen molar-refractivity contribution in [3.63, 3.8) is 0 Å². The highest BCUT2D eigenvalue weighted by molar-refractivity contribution is 7.60. The van der Waals surface area contributed by atoms with E-state index in [1.807, 2.05) is 128 Å². The third-order valence-corrected chi connectivity index (χ3v) is 10.9. The van der Waals surface area contributed by atoms with Crippen LogP contribution in [-0.4, -0.2) is 19.8 Å². The van der Waals surface area contributed by atoms with Crippen molar-refractivity contribution in [1.82, 2.24) is 0 Å². The number of hydrogen-bond donors (Lipinski definition) is 4. The van der Waals surface area contributed by atoms with Gasteiger partial charge in [-0.1, -0.05) is 72.8 Å². The molecular weight excluding hydrogens is 646 g/mol. The molecule has 0 fully saturated rings. The topological polar surface area (TPSA) is 134 Å². The van der Waals surface area contributed by atoms with E-state index in [1.54, 1.807) is 0 Å². The van der Waals surface area contributed by atoms with Gasteiger partial charge in [-0.2, -0.15) is 4.31 Å². The van der Waals surface area contributed by atoms with Gasteiger partial charge in [-0.15, -0.1) is 0 Å². The number of phenolic OH excluding ortho intramolecular Hbond substituents is 1. The van der Waals surface area contributed by atoms with E-state index in [9.17, 15) is 28.9 Å². The highest BCUT2D eigenvalue weighted by Gasteiger charge is 2.39. The molecule has 5 aromatic rings. The summed E-state index contributed by atoms with van der Waals surface area (Å²) < 4.78 is 35.8. The summed E-state index contributed by atoms with van der Waals surface area (Å²) >= 11 is 0. The molecule has 5 aromatic carbocycles. The Kier molecular flexibility index (Phi) is 9.66. The van der Waals surface area contributed by atoms with E-state index < -0.39 is 15.6 Å². The molecule has 250 valence electrons. The Balaban J connectivity index is 2.21. The van der Waals surface area contributed by atoms with Crippen molar-refractivity contribution < 1.29 is 37.8 Å². The van der Waals surface area contributed by atoms with Crippen LogP contribution >= 0.6 is 15.6 Å². The van der Waals surface area contributed by atoms with Gasteiger partial charge in [-0.25, -0.2) is 9.13 Å². The molecule has 0 aliphatic rings. The summed E-state index contributed by atoms with van der Waals surface area (Å²) in [5, 5.41) is 12.8. The van der Waals surface area contributed by atoms with Gasteiger partial charge in [0.2, 0.25) is 0 Å². The normalized spacial score (nSPS) is 13.0. The standard InChI is InChI=1S/C38H40O8P2/c1-21-13-9-14-22(2)29(21)33-34(30-23(3)15-10-16-24(30)4)37(39)36(32-27(7)19-12-20-28(32)8)38(45-48(43,44)46-47(40,41)42)35(33)31-25(5)17-11-18-26(31)6/h9-20,39H,1-8H3,(H,43,44)(H2,40,41,42). The lowest BCUT2D eigenvalue weighted by atomic mass is 9.77. The molecule has 1 atom stereocenters. The van der Waals surface area contributed by atoms with Gasteiger partial charge >= 0.3 is 15.6 Å². The largest absolute Gasteiger partial charge is 0.536 e. The van der Waals surface area contributed by atoms with E-state index in [4.69, 9.17) is 4.52 Å². The summed E-state index contributed by atoms with van der Waals surface area (Å²) in [5.41, 5.74) is 10.9. The first-order valence-electron chi connectivity index (χ1n) is 15.4. The van der Waals surface area contributed by atoms with Gasteiger partial charge in [0.05, 0.1) is 5.56 Å². The summed E-state index contributed by atoms with van der Waals surface area (Å²) in [6, 6.07) is 23.0. The molecule has 0 aromatic heterocycles. The number of aryl methyl sites for hydroxylation is 8. The Morgan fingerprint density at radius 1 is 0.438 bits per heavy atom. The molecule has 0 saturated carbocycles. The number of phenols is 1. The quantitative estimate of drug-likeness (QED) is 0.119. The number of phosphoric acid groups is 2. The number of benzene rings is 5. The Labute approximate surface area is 281 Å². The lowest BCUT2D eigenvalue weighted by Crippen LogP contribution is -2.06. The van der Waals surface area contributed by atoms with Gasteiger partial charge in [0.1, 0.15) is 5.75 Å². The molecule has 8 nitrogen and oxygen atoms in total. The SMILES string of the molecule is Cc1cccc(C)c1-c1c(O)c(-c2c(C)cccc2C)c(-c2c(C)cccc2C)c(-c2c(C)cccc2C)c1OP(=O)(O)OP(=O)(O)O. The zero-order valence-corrected chi connectivity index (χ0v) is 30.0. The zero-order valence-electron chi connectivity index (χ0n) is 28.2. The van der Waals surface area contributed by atoms with Crippen LogP contribution in [0.5, 0.6) is 11.5 Å². The predicted molar refractivity (Wildman–Crippen MR) is 191 cm³/mol. The fourth-order valence-electron chi connectivity index (χ4n) is 6.87. The molecule has 0 saturated heterocycles. The van der Waals surface area contributed by atoms with Crippen LogP contribution in [0.25, 0.3) is 44.5 Å². The molecule has 5 rings (SSSR count). The molecule has 4 N–H and O–H groups in total. The average Bonchev–Trinajstić information content (AvgIpc) is 2.95. The van der Waals surface area contributed by atoms with Crippen LogP contribution in [0.1, 0.15) is 44.5 Å². The lowest BCUT2D eigenvalue weighted by Gasteiger charge is -2.30. The van der Waals surface area contributed by atoms with E-state index in [0.29, 0.717) is 27.8 Å². The van der Waals surface area contributed by atoms with Gasteiger partial charge in [-0.3, -0.25) is 4.89 Å². The van der Waals surface area contributed by atoms with Crippen LogP contribution in [0.15, 0.2) is 72.8 Å². The van der Waals surface area contributed by atoms with Crippen molar-refractivity contribution >= 4 is 15.6 Å². The van der Waals surface area contributed by atoms with Gasteiger partial charge in [-0.05, 0) is 122 Å². The smallest absolute Gasteiger partial charge is 0.506 e. The first-order valence-corrected chi connectivity index (χ1v) is 18.4. The summed E-state index contributed by atoms with van der Waals surface area (Å²) in [5.74, 6) is -0.460. The highest BCUT2D eigenvalue weighted by Crippen LogP contribution is 2.64. The van der Waals surface area contributed by atoms with E-state index in [-0.39, 0.29) is 17.1 Å². The molecule has 48 heavy (non-hydrogen) atoms. The van der Waals surface area contributed by atoms with Crippen molar-refractivity contribution in [1.29, 1.82) is 0 Å². The average molecular weight is 687 g/mol. The Morgan fingerprint density at radius 2 is 0.729 bits per heavy atom. The van der Waals surface area contributed by atoms with Crippen molar-refractivity contribution in [2.45, 2.75) is 55.4 Å². The minimum Gasteiger partial charge on any atom is -0.506 e. The first-order chi connectivity index (χ1) is 22.4. The fraction of sp³-hybridized carbons (Fsp3) is 0.211. The maximum atomic E-state index is 13.6. The molecule has 0 aliphatic heterocycles. The van der Waals surface area contributed by atoms with Gasteiger partial charge in [0.15, 0.2) is 5.75 Å². The lowest BCUT2D eigenvalue weighted by molar-refractivity contribution is 0.230. The predicted octanol–water partition coefficient (Wildman–Crippen LogP) is 10.1. The van der Waals surface area contributed by atoms with Crippen LogP contribution in [0.4, 0.5) is 0 Å². The summed E-state index contributed by atoms with van der Waals surface area (Å²) in [7, 11) is -11.0. The Hall–Kier alpha value is -4.00. The van der Waals surface area contributed by atoms with Crippen molar-refractivity contribution in [2.24, 2.45) is 0 Å². The third kappa shape index (κ3) is 6.65. The first kappa shape index (κ1) is 35.3. The van der Waals surface area contributed by atoms with Crippen molar-refractivity contribution in [3.8, 4) is 56.0 Å². The second-order valence-electron chi connectivity index (χ2n) is 12.4. The molecule has 1 unspecified atom stereocenters.